The Labute approximate surface area is 129 Å². The second-order valence-electron chi connectivity index (χ2n) is 5.27. The molecule has 0 saturated heterocycles. The number of para-hydroxylation sites is 1. The van der Waals surface area contributed by atoms with E-state index in [2.05, 4.69) is 5.32 Å². The number of amides is 1. The molecule has 1 aliphatic rings. The molecule has 5 heteroatoms. The lowest BCUT2D eigenvalue weighted by atomic mass is 9.82. The van der Waals surface area contributed by atoms with Crippen LogP contribution in [0.5, 0.6) is 0 Å². The van der Waals surface area contributed by atoms with Crippen LogP contribution in [-0.4, -0.2) is 11.7 Å². The number of ketones is 1. The minimum Gasteiger partial charge on any atom is -0.323 e. The molecule has 1 fully saturated rings. The molecule has 0 heterocycles. The largest absolute Gasteiger partial charge is 0.323 e. The molecule has 1 aromatic rings. The Balaban J connectivity index is 2.06. The van der Waals surface area contributed by atoms with Crippen LogP contribution in [-0.2, 0) is 9.59 Å². The molecule has 0 aliphatic heterocycles. The third kappa shape index (κ3) is 3.83. The van der Waals surface area contributed by atoms with Gasteiger partial charge in [0, 0.05) is 5.92 Å². The van der Waals surface area contributed by atoms with E-state index in [9.17, 15) is 14.9 Å². The Morgan fingerprint density at radius 2 is 1.90 bits per heavy atom. The summed E-state index contributed by atoms with van der Waals surface area (Å²) in [5.74, 6) is -2.28. The minimum absolute atomic E-state index is 0.166. The van der Waals surface area contributed by atoms with Gasteiger partial charge in [0.15, 0.2) is 11.7 Å². The summed E-state index contributed by atoms with van der Waals surface area (Å²) in [5, 5.41) is 12.1. The molecule has 1 N–H and O–H groups in total. The highest BCUT2D eigenvalue weighted by Crippen LogP contribution is 2.27. The lowest BCUT2D eigenvalue weighted by molar-refractivity contribution is -0.132. The number of nitriles is 1. The van der Waals surface area contributed by atoms with Crippen molar-refractivity contribution in [2.75, 3.05) is 5.32 Å². The van der Waals surface area contributed by atoms with Crippen molar-refractivity contribution in [2.24, 2.45) is 11.8 Å². The number of hydrogen-bond donors (Lipinski definition) is 1. The van der Waals surface area contributed by atoms with Crippen LogP contribution in [0.3, 0.4) is 0 Å². The average molecular weight is 305 g/mol. The predicted octanol–water partition coefficient (Wildman–Crippen LogP) is 3.57. The highest BCUT2D eigenvalue weighted by molar-refractivity contribution is 6.33. The number of Topliss-reactive ketones (excluding diaryl/α,β-unsaturated/α-hetero) is 1. The van der Waals surface area contributed by atoms with E-state index in [1.807, 2.05) is 6.07 Å². The zero-order chi connectivity index (χ0) is 15.2. The van der Waals surface area contributed by atoms with Crippen molar-refractivity contribution in [2.45, 2.75) is 32.1 Å². The van der Waals surface area contributed by atoms with Gasteiger partial charge in [-0.1, -0.05) is 43.0 Å². The summed E-state index contributed by atoms with van der Waals surface area (Å²) in [6.45, 7) is 0. The number of anilines is 1. The molecule has 1 saturated carbocycles. The quantitative estimate of drug-likeness (QED) is 0.864. The van der Waals surface area contributed by atoms with Gasteiger partial charge in [0.2, 0.25) is 5.91 Å². The number of nitrogens with one attached hydrogen (secondary N) is 1. The van der Waals surface area contributed by atoms with Gasteiger partial charge < -0.3 is 5.32 Å². The molecular weight excluding hydrogens is 288 g/mol. The lowest BCUT2D eigenvalue weighted by Gasteiger charge is -2.22. The van der Waals surface area contributed by atoms with Crippen LogP contribution >= 0.6 is 11.6 Å². The van der Waals surface area contributed by atoms with Gasteiger partial charge in [-0.05, 0) is 25.0 Å². The summed E-state index contributed by atoms with van der Waals surface area (Å²) in [6.07, 6.45) is 4.64. The molecule has 0 aromatic heterocycles. The smallest absolute Gasteiger partial charge is 0.249 e. The molecule has 0 unspecified atom stereocenters. The van der Waals surface area contributed by atoms with Gasteiger partial charge in [-0.3, -0.25) is 9.59 Å². The summed E-state index contributed by atoms with van der Waals surface area (Å²) >= 11 is 5.96. The first-order chi connectivity index (χ1) is 10.1. The SMILES string of the molecule is N#C[C@@H](C(=O)Nc1ccccc1Cl)C(=O)C1CCCCC1. The van der Waals surface area contributed by atoms with Crippen molar-refractivity contribution in [1.82, 2.24) is 0 Å². The van der Waals surface area contributed by atoms with E-state index >= 15 is 0 Å². The molecule has 0 spiro atoms. The fourth-order valence-corrected chi connectivity index (χ4v) is 2.82. The minimum atomic E-state index is -1.26. The van der Waals surface area contributed by atoms with Gasteiger partial charge in [-0.2, -0.15) is 5.26 Å². The Bertz CT molecular complexity index is 574. The zero-order valence-corrected chi connectivity index (χ0v) is 12.4. The Hall–Kier alpha value is -1.86. The number of carbonyl (C=O) groups is 2. The van der Waals surface area contributed by atoms with Gasteiger partial charge in [0.05, 0.1) is 16.8 Å². The Morgan fingerprint density at radius 1 is 1.24 bits per heavy atom. The monoisotopic (exact) mass is 304 g/mol. The van der Waals surface area contributed by atoms with Gasteiger partial charge >= 0.3 is 0 Å². The topological polar surface area (TPSA) is 70.0 Å². The molecule has 1 atom stereocenters. The van der Waals surface area contributed by atoms with E-state index < -0.39 is 11.8 Å². The van der Waals surface area contributed by atoms with Crippen LogP contribution in [0, 0.1) is 23.2 Å². The number of benzene rings is 1. The van der Waals surface area contributed by atoms with Gasteiger partial charge in [0.1, 0.15) is 0 Å². The van der Waals surface area contributed by atoms with Crippen LogP contribution < -0.4 is 5.32 Å². The van der Waals surface area contributed by atoms with Crippen LogP contribution in [0.1, 0.15) is 32.1 Å². The third-order valence-corrected chi connectivity index (χ3v) is 4.14. The second kappa shape index (κ2) is 7.24. The van der Waals surface area contributed by atoms with E-state index in [0.717, 1.165) is 32.1 Å². The van der Waals surface area contributed by atoms with Crippen molar-refractivity contribution in [3.8, 4) is 6.07 Å². The van der Waals surface area contributed by atoms with Crippen LogP contribution in [0.25, 0.3) is 0 Å². The van der Waals surface area contributed by atoms with E-state index in [1.54, 1.807) is 24.3 Å². The van der Waals surface area contributed by atoms with Crippen molar-refractivity contribution in [3.05, 3.63) is 29.3 Å². The Morgan fingerprint density at radius 3 is 2.52 bits per heavy atom. The normalized spacial score (nSPS) is 16.8. The number of carbonyl (C=O) groups excluding carboxylic acids is 2. The van der Waals surface area contributed by atoms with E-state index in [-0.39, 0.29) is 11.7 Å². The first-order valence-corrected chi connectivity index (χ1v) is 7.50. The van der Waals surface area contributed by atoms with E-state index in [4.69, 9.17) is 11.6 Å². The first kappa shape index (κ1) is 15.5. The maximum atomic E-state index is 12.3. The molecule has 1 amide bonds. The van der Waals surface area contributed by atoms with Gasteiger partial charge in [-0.15, -0.1) is 0 Å². The number of halogens is 1. The summed E-state index contributed by atoms with van der Waals surface area (Å²) in [5.41, 5.74) is 0.417. The maximum absolute atomic E-state index is 12.3. The molecule has 4 nitrogen and oxygen atoms in total. The fourth-order valence-electron chi connectivity index (χ4n) is 2.64. The van der Waals surface area contributed by atoms with Gasteiger partial charge in [0.25, 0.3) is 0 Å². The van der Waals surface area contributed by atoms with Crippen molar-refractivity contribution in [1.29, 1.82) is 5.26 Å². The maximum Gasteiger partial charge on any atom is 0.249 e. The van der Waals surface area contributed by atoms with E-state index in [1.165, 1.54) is 0 Å². The number of rotatable bonds is 4. The molecule has 0 bridgehead atoms. The average Bonchev–Trinajstić information content (AvgIpc) is 2.51. The number of hydrogen-bond acceptors (Lipinski definition) is 3. The van der Waals surface area contributed by atoms with Crippen molar-refractivity contribution >= 4 is 29.0 Å². The van der Waals surface area contributed by atoms with Crippen LogP contribution in [0.2, 0.25) is 5.02 Å². The van der Waals surface area contributed by atoms with Crippen LogP contribution in [0.4, 0.5) is 5.69 Å². The summed E-state index contributed by atoms with van der Waals surface area (Å²) in [4.78, 5) is 24.5. The lowest BCUT2D eigenvalue weighted by Crippen LogP contribution is -2.33. The molecule has 110 valence electrons. The number of nitrogens with zero attached hydrogens (tertiary/aromatic N) is 1. The molecule has 0 radical (unpaired) electrons. The summed E-state index contributed by atoms with van der Waals surface area (Å²) in [7, 11) is 0. The molecule has 1 aromatic carbocycles. The molecule has 1 aliphatic carbocycles. The predicted molar refractivity (Wildman–Crippen MR) is 80.8 cm³/mol. The summed E-state index contributed by atoms with van der Waals surface area (Å²) < 4.78 is 0. The van der Waals surface area contributed by atoms with Crippen molar-refractivity contribution in [3.63, 3.8) is 0 Å². The highest BCUT2D eigenvalue weighted by Gasteiger charge is 2.33. The van der Waals surface area contributed by atoms with E-state index in [0.29, 0.717) is 10.7 Å². The zero-order valence-electron chi connectivity index (χ0n) is 11.6. The molecule has 21 heavy (non-hydrogen) atoms. The second-order valence-corrected chi connectivity index (χ2v) is 5.68. The highest BCUT2D eigenvalue weighted by atomic mass is 35.5. The first-order valence-electron chi connectivity index (χ1n) is 7.12. The van der Waals surface area contributed by atoms with Gasteiger partial charge in [-0.25, -0.2) is 0 Å². The standard InChI is InChI=1S/C16H17ClN2O2/c17-13-8-4-5-9-14(13)19-16(21)12(10-18)15(20)11-6-2-1-3-7-11/h4-5,8-9,11-12H,1-3,6-7H2,(H,19,21)/t12-/m1/s1. The summed E-state index contributed by atoms with van der Waals surface area (Å²) in [6, 6.07) is 8.58. The molecule has 2 rings (SSSR count). The third-order valence-electron chi connectivity index (χ3n) is 3.82. The van der Waals surface area contributed by atoms with Crippen molar-refractivity contribution < 1.29 is 9.59 Å². The molecular formula is C16H17ClN2O2. The fraction of sp³-hybridized carbons (Fsp3) is 0.438. The Kier molecular flexibility index (Phi) is 5.35. The van der Waals surface area contributed by atoms with Crippen LogP contribution in [0.15, 0.2) is 24.3 Å².